The number of carbonyl (C=O) groups excluding carboxylic acids is 1. The summed E-state index contributed by atoms with van der Waals surface area (Å²) in [5.74, 6) is 0.271. The Morgan fingerprint density at radius 2 is 1.52 bits per heavy atom. The van der Waals surface area contributed by atoms with Crippen molar-refractivity contribution in [2.45, 2.75) is 98.1 Å². The molecule has 0 radical (unpaired) electrons. The molecule has 9 heteroatoms. The molecule has 1 aromatic carbocycles. The number of ether oxygens (including phenoxy) is 1. The van der Waals surface area contributed by atoms with E-state index in [1.54, 1.807) is 48.8 Å². The molecule has 2 fully saturated rings. The van der Waals surface area contributed by atoms with E-state index in [0.29, 0.717) is 44.8 Å². The van der Waals surface area contributed by atoms with E-state index in [1.807, 2.05) is 0 Å². The minimum atomic E-state index is -4.10. The van der Waals surface area contributed by atoms with Crippen LogP contribution in [0.2, 0.25) is 10.0 Å². The Balaban J connectivity index is 1.70. The highest BCUT2D eigenvalue weighted by atomic mass is 35.5. The lowest BCUT2D eigenvalue weighted by Gasteiger charge is -2.42. The molecule has 44 heavy (non-hydrogen) atoms. The molecule has 0 amide bonds. The van der Waals surface area contributed by atoms with Crippen LogP contribution in [0, 0.1) is 35.5 Å². The fourth-order valence-electron chi connectivity index (χ4n) is 6.42. The summed E-state index contributed by atoms with van der Waals surface area (Å²) in [5, 5.41) is 0.898. The second kappa shape index (κ2) is 15.7. The molecule has 2 aromatic rings. The molecular formula is C35H48Cl2NO5P. The fourth-order valence-corrected chi connectivity index (χ4v) is 9.26. The zero-order chi connectivity index (χ0) is 32.0. The summed E-state index contributed by atoms with van der Waals surface area (Å²) in [4.78, 5) is 17.7. The average molecular weight is 665 g/mol. The molecule has 2 aliphatic rings. The van der Waals surface area contributed by atoms with Gasteiger partial charge in [-0.15, -0.1) is 0 Å². The van der Waals surface area contributed by atoms with Crippen LogP contribution in [-0.2, 0) is 23.1 Å². The van der Waals surface area contributed by atoms with E-state index in [1.165, 1.54) is 6.08 Å². The van der Waals surface area contributed by atoms with Crippen LogP contribution in [0.3, 0.4) is 0 Å². The van der Waals surface area contributed by atoms with E-state index in [2.05, 4.69) is 46.5 Å². The van der Waals surface area contributed by atoms with E-state index < -0.39 is 19.4 Å². The number of rotatable bonds is 11. The number of esters is 1. The van der Waals surface area contributed by atoms with Crippen LogP contribution < -0.4 is 0 Å². The number of pyridine rings is 1. The first-order valence-electron chi connectivity index (χ1n) is 16.1. The van der Waals surface area contributed by atoms with Crippen molar-refractivity contribution in [3.63, 3.8) is 0 Å². The van der Waals surface area contributed by atoms with Gasteiger partial charge in [-0.05, 0) is 104 Å². The van der Waals surface area contributed by atoms with Crippen molar-refractivity contribution in [1.82, 2.24) is 4.98 Å². The van der Waals surface area contributed by atoms with Gasteiger partial charge in [0.2, 0.25) is 5.85 Å². The molecule has 2 saturated carbocycles. The molecule has 7 unspecified atom stereocenters. The van der Waals surface area contributed by atoms with Crippen molar-refractivity contribution in [3.8, 4) is 0 Å². The summed E-state index contributed by atoms with van der Waals surface area (Å²) >= 11 is 12.4. The predicted molar refractivity (Wildman–Crippen MR) is 179 cm³/mol. The van der Waals surface area contributed by atoms with Crippen LogP contribution in [0.25, 0.3) is 6.08 Å². The molecular weight excluding hydrogens is 616 g/mol. The van der Waals surface area contributed by atoms with Gasteiger partial charge in [0.15, 0.2) is 0 Å². The van der Waals surface area contributed by atoms with E-state index in [9.17, 15) is 4.79 Å². The monoisotopic (exact) mass is 663 g/mol. The van der Waals surface area contributed by atoms with Gasteiger partial charge in [-0.1, -0.05) is 76.9 Å². The summed E-state index contributed by atoms with van der Waals surface area (Å²) in [6, 6.07) is 8.51. The Morgan fingerprint density at radius 1 is 0.932 bits per heavy atom. The number of aromatic nitrogens is 1. The number of hydrogen-bond donors (Lipinski definition) is 0. The lowest BCUT2D eigenvalue weighted by Crippen LogP contribution is -2.35. The Hall–Kier alpha value is -1.69. The highest BCUT2D eigenvalue weighted by Crippen LogP contribution is 2.65. The second-order valence-electron chi connectivity index (χ2n) is 13.5. The van der Waals surface area contributed by atoms with Crippen molar-refractivity contribution >= 4 is 42.8 Å². The van der Waals surface area contributed by atoms with Crippen molar-refractivity contribution in [3.05, 3.63) is 70.0 Å². The molecule has 4 rings (SSSR count). The van der Waals surface area contributed by atoms with Crippen molar-refractivity contribution in [1.29, 1.82) is 0 Å². The Labute approximate surface area is 273 Å². The molecule has 1 aromatic heterocycles. The molecule has 1 heterocycles. The van der Waals surface area contributed by atoms with Gasteiger partial charge in [0.1, 0.15) is 0 Å². The first-order chi connectivity index (χ1) is 20.9. The second-order valence-corrected chi connectivity index (χ2v) is 16.3. The third-order valence-corrected chi connectivity index (χ3v) is 12.3. The summed E-state index contributed by atoms with van der Waals surface area (Å²) in [5.41, 5.74) is 1.07. The van der Waals surface area contributed by atoms with Gasteiger partial charge in [0.25, 0.3) is 0 Å². The number of nitrogens with zero attached hydrogens (tertiary/aromatic N) is 1. The topological polar surface area (TPSA) is 74.7 Å². The molecule has 0 spiro atoms. The van der Waals surface area contributed by atoms with Gasteiger partial charge in [-0.25, -0.2) is 4.79 Å². The third-order valence-electron chi connectivity index (χ3n) is 9.62. The van der Waals surface area contributed by atoms with E-state index in [4.69, 9.17) is 37.0 Å². The lowest BCUT2D eigenvalue weighted by atomic mass is 9.76. The van der Waals surface area contributed by atoms with Crippen LogP contribution in [0.5, 0.6) is 0 Å². The van der Waals surface area contributed by atoms with E-state index in [-0.39, 0.29) is 24.0 Å². The highest BCUT2D eigenvalue weighted by molar-refractivity contribution is 7.54. The summed E-state index contributed by atoms with van der Waals surface area (Å²) in [6.07, 6.45) is 11.2. The first kappa shape index (κ1) is 35.2. The van der Waals surface area contributed by atoms with Gasteiger partial charge >= 0.3 is 13.6 Å². The lowest BCUT2D eigenvalue weighted by molar-refractivity contribution is -0.141. The maximum absolute atomic E-state index is 15.4. The molecule has 2 aliphatic carbocycles. The van der Waals surface area contributed by atoms with Gasteiger partial charge in [0, 0.05) is 34.1 Å². The zero-order valence-electron chi connectivity index (χ0n) is 26.8. The van der Waals surface area contributed by atoms with Crippen molar-refractivity contribution in [2.75, 3.05) is 0 Å². The van der Waals surface area contributed by atoms with Crippen LogP contribution in [0.4, 0.5) is 0 Å². The Kier molecular flexibility index (Phi) is 12.6. The largest absolute Gasteiger partial charge is 0.441 e. The van der Waals surface area contributed by atoms with Gasteiger partial charge < -0.3 is 13.8 Å². The van der Waals surface area contributed by atoms with Gasteiger partial charge in [0.05, 0.1) is 12.2 Å². The highest BCUT2D eigenvalue weighted by Gasteiger charge is 2.48. The Bertz CT molecular complexity index is 1280. The smallest absolute Gasteiger partial charge is 0.376 e. The van der Waals surface area contributed by atoms with Crippen LogP contribution >= 0.6 is 30.8 Å². The molecule has 0 N–H and O–H groups in total. The summed E-state index contributed by atoms with van der Waals surface area (Å²) in [7, 11) is -4.10. The van der Waals surface area contributed by atoms with Crippen LogP contribution in [0.15, 0.2) is 48.8 Å². The van der Waals surface area contributed by atoms with Crippen LogP contribution in [-0.4, -0.2) is 23.2 Å². The average Bonchev–Trinajstić information content (AvgIpc) is 2.98. The molecule has 0 aliphatic heterocycles. The molecule has 242 valence electrons. The predicted octanol–water partition coefficient (Wildman–Crippen LogP) is 10.8. The van der Waals surface area contributed by atoms with Crippen LogP contribution in [0.1, 0.15) is 97.0 Å². The molecule has 6 nitrogen and oxygen atoms in total. The summed E-state index contributed by atoms with van der Waals surface area (Å²) in [6.45, 7) is 13.2. The molecule has 7 atom stereocenters. The standard InChI is InChI=1S/C35H48Cl2NO5P/c1-22(2)27-11-9-24(5)32(18-27)42-44(40,43-33-19-28(23(3)4)12-10-25(33)6)35(29-8-7-17-38-21-29)41-34(39)16-14-26-13-15-30(36)20-31(26)37/h7-8,13-17,20-25,27-28,32-33,35H,9-12,18-19H2,1-6H3. The van der Waals surface area contributed by atoms with Gasteiger partial charge in [-0.3, -0.25) is 9.55 Å². The quantitative estimate of drug-likeness (QED) is 0.135. The van der Waals surface area contributed by atoms with Gasteiger partial charge in [-0.2, -0.15) is 0 Å². The number of carbonyl (C=O) groups is 1. The maximum atomic E-state index is 15.4. The minimum absolute atomic E-state index is 0.186. The molecule has 0 bridgehead atoms. The van der Waals surface area contributed by atoms with Crippen molar-refractivity contribution in [2.24, 2.45) is 35.5 Å². The number of hydrogen-bond acceptors (Lipinski definition) is 6. The number of benzene rings is 1. The maximum Gasteiger partial charge on any atom is 0.376 e. The minimum Gasteiger partial charge on any atom is -0.441 e. The van der Waals surface area contributed by atoms with E-state index in [0.717, 1.165) is 38.5 Å². The summed E-state index contributed by atoms with van der Waals surface area (Å²) < 4.78 is 34.8. The first-order valence-corrected chi connectivity index (χ1v) is 18.4. The zero-order valence-corrected chi connectivity index (χ0v) is 29.2. The number of halogens is 2. The SMILES string of the molecule is CC(C)C1CCC(C)C(OP(=O)(OC2CC(C(C)C)CCC2C)C(OC(=O)C=Cc2ccc(Cl)cc2Cl)c2cccnc2)C1. The fraction of sp³-hybridized carbons (Fsp3) is 0.600. The normalized spacial score (nSPS) is 28.2. The molecule has 0 saturated heterocycles. The van der Waals surface area contributed by atoms with Crippen molar-refractivity contribution < 1.29 is 23.1 Å². The third kappa shape index (κ3) is 9.19. The Morgan fingerprint density at radius 3 is 2.02 bits per heavy atom. The van der Waals surface area contributed by atoms with E-state index >= 15 is 4.57 Å².